The van der Waals surface area contributed by atoms with Crippen LogP contribution in [-0.2, 0) is 19.1 Å². The monoisotopic (exact) mass is 389 g/mol. The molecule has 1 aromatic rings. The Morgan fingerprint density at radius 1 is 1.30 bits per heavy atom. The minimum Gasteiger partial charge on any atom is -0.378 e. The largest absolute Gasteiger partial charge is 0.378 e. The first kappa shape index (κ1) is 19.6. The van der Waals surface area contributed by atoms with E-state index in [4.69, 9.17) is 4.74 Å². The van der Waals surface area contributed by atoms with Crippen LogP contribution in [0.2, 0.25) is 0 Å². The molecule has 0 aromatic heterocycles. The average Bonchev–Trinajstić information content (AvgIpc) is 2.97. The number of rotatable bonds is 5. The van der Waals surface area contributed by atoms with Gasteiger partial charge in [0.15, 0.2) is 0 Å². The van der Waals surface area contributed by atoms with Crippen molar-refractivity contribution in [1.82, 2.24) is 4.90 Å². The summed E-state index contributed by atoms with van der Waals surface area (Å²) in [7, 11) is 0. The zero-order valence-corrected chi connectivity index (χ0v) is 16.3. The van der Waals surface area contributed by atoms with Crippen LogP contribution in [0.4, 0.5) is 5.69 Å². The molecule has 27 heavy (non-hydrogen) atoms. The maximum absolute atomic E-state index is 12.3. The predicted molar refractivity (Wildman–Crippen MR) is 105 cm³/mol. The SMILES string of the molecule is Cc1ccc(C)c(NC(=O)C[C@H]2SC(CC(=O)N3CCOCC3)=NC2=O)c1. The minimum atomic E-state index is -0.567. The summed E-state index contributed by atoms with van der Waals surface area (Å²) in [6, 6.07) is 5.82. The summed E-state index contributed by atoms with van der Waals surface area (Å²) in [4.78, 5) is 42.4. The summed E-state index contributed by atoms with van der Waals surface area (Å²) >= 11 is 1.22. The number of anilines is 1. The van der Waals surface area contributed by atoms with E-state index in [9.17, 15) is 14.4 Å². The number of carbonyl (C=O) groups is 3. The molecule has 0 unspecified atom stereocenters. The molecule has 0 aliphatic carbocycles. The molecular weight excluding hydrogens is 366 g/mol. The molecule has 1 aromatic carbocycles. The van der Waals surface area contributed by atoms with E-state index < -0.39 is 5.25 Å². The topological polar surface area (TPSA) is 88.1 Å². The van der Waals surface area contributed by atoms with Gasteiger partial charge in [0.2, 0.25) is 11.8 Å². The lowest BCUT2D eigenvalue weighted by Crippen LogP contribution is -2.41. The van der Waals surface area contributed by atoms with Crippen LogP contribution in [-0.4, -0.2) is 59.2 Å². The van der Waals surface area contributed by atoms with Gasteiger partial charge in [-0.2, -0.15) is 0 Å². The highest BCUT2D eigenvalue weighted by Crippen LogP contribution is 2.28. The van der Waals surface area contributed by atoms with Crippen LogP contribution in [0.5, 0.6) is 0 Å². The van der Waals surface area contributed by atoms with Gasteiger partial charge in [0.05, 0.1) is 24.7 Å². The van der Waals surface area contributed by atoms with Crippen LogP contribution in [0, 0.1) is 13.8 Å². The highest BCUT2D eigenvalue weighted by atomic mass is 32.2. The van der Waals surface area contributed by atoms with Crippen molar-refractivity contribution in [2.24, 2.45) is 4.99 Å². The van der Waals surface area contributed by atoms with Crippen LogP contribution in [0.25, 0.3) is 0 Å². The van der Waals surface area contributed by atoms with E-state index in [1.807, 2.05) is 32.0 Å². The molecule has 0 bridgehead atoms. The van der Waals surface area contributed by atoms with E-state index >= 15 is 0 Å². The van der Waals surface area contributed by atoms with E-state index in [0.29, 0.717) is 31.3 Å². The third-order valence-corrected chi connectivity index (χ3v) is 5.65. The molecule has 144 valence electrons. The quantitative estimate of drug-likeness (QED) is 0.831. The first-order valence-electron chi connectivity index (χ1n) is 8.93. The minimum absolute atomic E-state index is 0.0373. The number of nitrogens with zero attached hydrogens (tertiary/aromatic N) is 2. The highest BCUT2D eigenvalue weighted by molar-refractivity contribution is 8.15. The maximum atomic E-state index is 12.3. The van der Waals surface area contributed by atoms with Gasteiger partial charge in [0.25, 0.3) is 5.91 Å². The van der Waals surface area contributed by atoms with E-state index in [0.717, 1.165) is 16.8 Å². The number of aliphatic imine (C=N–C) groups is 1. The molecule has 3 amide bonds. The lowest BCUT2D eigenvalue weighted by atomic mass is 10.1. The number of benzene rings is 1. The fourth-order valence-corrected chi connectivity index (χ4v) is 4.01. The maximum Gasteiger partial charge on any atom is 0.260 e. The summed E-state index contributed by atoms with van der Waals surface area (Å²) in [6.07, 6.45) is 0.140. The van der Waals surface area contributed by atoms with Crippen molar-refractivity contribution >= 4 is 40.2 Å². The zero-order chi connectivity index (χ0) is 19.4. The van der Waals surface area contributed by atoms with Gasteiger partial charge in [-0.25, -0.2) is 4.99 Å². The number of morpholine rings is 1. The third kappa shape index (κ3) is 5.17. The number of thioether (sulfide) groups is 1. The summed E-state index contributed by atoms with van der Waals surface area (Å²) < 4.78 is 5.23. The molecule has 1 N–H and O–H groups in total. The average molecular weight is 389 g/mol. The number of amides is 3. The second-order valence-electron chi connectivity index (χ2n) is 6.69. The Hall–Kier alpha value is -2.19. The molecule has 7 nitrogen and oxygen atoms in total. The third-order valence-electron chi connectivity index (χ3n) is 4.49. The highest BCUT2D eigenvalue weighted by Gasteiger charge is 2.32. The van der Waals surface area contributed by atoms with Crippen LogP contribution in [0.3, 0.4) is 0 Å². The normalized spacial score (nSPS) is 19.8. The Labute approximate surface area is 162 Å². The number of ether oxygens (including phenoxy) is 1. The van der Waals surface area contributed by atoms with Crippen molar-refractivity contribution in [2.75, 3.05) is 31.6 Å². The standard InChI is InChI=1S/C19H23N3O4S/c1-12-3-4-13(2)14(9-12)20-16(23)10-15-19(25)21-17(27-15)11-18(24)22-5-7-26-8-6-22/h3-4,9,15H,5-8,10-11H2,1-2H3,(H,20,23)/t15-/m1/s1. The molecule has 8 heteroatoms. The lowest BCUT2D eigenvalue weighted by Gasteiger charge is -2.26. The van der Waals surface area contributed by atoms with Crippen molar-refractivity contribution in [3.8, 4) is 0 Å². The number of hydrogen-bond donors (Lipinski definition) is 1. The number of carbonyl (C=O) groups excluding carboxylic acids is 3. The van der Waals surface area contributed by atoms with Crippen molar-refractivity contribution in [2.45, 2.75) is 31.9 Å². The van der Waals surface area contributed by atoms with Gasteiger partial charge >= 0.3 is 0 Å². The fraction of sp³-hybridized carbons (Fsp3) is 0.474. The lowest BCUT2D eigenvalue weighted by molar-refractivity contribution is -0.133. The van der Waals surface area contributed by atoms with Gasteiger partial charge < -0.3 is 15.0 Å². The number of aryl methyl sites for hydroxylation is 2. The molecule has 1 atom stereocenters. The summed E-state index contributed by atoms with van der Waals surface area (Å²) in [6.45, 7) is 6.07. The molecule has 0 radical (unpaired) electrons. The summed E-state index contributed by atoms with van der Waals surface area (Å²) in [5.74, 6) is -0.635. The molecule has 0 saturated carbocycles. The molecule has 1 saturated heterocycles. The van der Waals surface area contributed by atoms with Crippen LogP contribution in [0.15, 0.2) is 23.2 Å². The molecule has 1 fully saturated rings. The Bertz CT molecular complexity index is 787. The second-order valence-corrected chi connectivity index (χ2v) is 7.97. The van der Waals surface area contributed by atoms with Crippen molar-refractivity contribution in [3.63, 3.8) is 0 Å². The molecule has 2 heterocycles. The summed E-state index contributed by atoms with van der Waals surface area (Å²) in [5, 5.41) is 2.78. The summed E-state index contributed by atoms with van der Waals surface area (Å²) in [5.41, 5.74) is 2.76. The smallest absolute Gasteiger partial charge is 0.260 e. The molecule has 2 aliphatic rings. The van der Waals surface area contributed by atoms with Crippen molar-refractivity contribution < 1.29 is 19.1 Å². The van der Waals surface area contributed by atoms with Crippen molar-refractivity contribution in [1.29, 1.82) is 0 Å². The predicted octanol–water partition coefficient (Wildman–Crippen LogP) is 1.92. The first-order chi connectivity index (χ1) is 12.9. The zero-order valence-electron chi connectivity index (χ0n) is 15.5. The Kier molecular flexibility index (Phi) is 6.28. The van der Waals surface area contributed by atoms with Gasteiger partial charge in [-0.15, -0.1) is 0 Å². The molecule has 0 spiro atoms. The van der Waals surface area contributed by atoms with Crippen LogP contribution in [0.1, 0.15) is 24.0 Å². The van der Waals surface area contributed by atoms with E-state index in [2.05, 4.69) is 10.3 Å². The van der Waals surface area contributed by atoms with Crippen molar-refractivity contribution in [3.05, 3.63) is 29.3 Å². The Morgan fingerprint density at radius 3 is 2.78 bits per heavy atom. The Morgan fingerprint density at radius 2 is 2.04 bits per heavy atom. The molecule has 3 rings (SSSR count). The van der Waals surface area contributed by atoms with Crippen LogP contribution < -0.4 is 5.32 Å². The van der Waals surface area contributed by atoms with E-state index in [1.165, 1.54) is 11.8 Å². The Balaban J connectivity index is 1.52. The van der Waals surface area contributed by atoms with Crippen LogP contribution >= 0.6 is 11.8 Å². The number of hydrogen-bond acceptors (Lipinski definition) is 5. The van der Waals surface area contributed by atoms with Gasteiger partial charge in [-0.05, 0) is 31.0 Å². The molecule has 2 aliphatic heterocycles. The van der Waals surface area contributed by atoms with Gasteiger partial charge in [-0.1, -0.05) is 23.9 Å². The van der Waals surface area contributed by atoms with E-state index in [-0.39, 0.29) is 30.6 Å². The van der Waals surface area contributed by atoms with Gasteiger partial charge in [0.1, 0.15) is 5.25 Å². The van der Waals surface area contributed by atoms with Gasteiger partial charge in [-0.3, -0.25) is 14.4 Å². The second kappa shape index (κ2) is 8.67. The molecular formula is C19H23N3O4S. The fourth-order valence-electron chi connectivity index (χ4n) is 2.94. The van der Waals surface area contributed by atoms with Gasteiger partial charge in [0, 0.05) is 25.2 Å². The van der Waals surface area contributed by atoms with E-state index in [1.54, 1.807) is 4.90 Å². The first-order valence-corrected chi connectivity index (χ1v) is 9.81. The number of nitrogens with one attached hydrogen (secondary N) is 1.